The topological polar surface area (TPSA) is 131 Å². The van der Waals surface area contributed by atoms with Crippen LogP contribution in [0.5, 0.6) is 5.75 Å². The number of ether oxygens (including phenoxy) is 2. The average Bonchev–Trinajstić information content (AvgIpc) is 3.64. The number of amides is 1. The molecule has 0 spiro atoms. The predicted molar refractivity (Wildman–Crippen MR) is 124 cm³/mol. The van der Waals surface area contributed by atoms with Crippen LogP contribution >= 0.6 is 0 Å². The number of halogens is 3. The Kier molecular flexibility index (Phi) is 9.70. The molecule has 0 radical (unpaired) electrons. The fraction of sp³-hybridized carbons (Fsp3) is 0.391. The summed E-state index contributed by atoms with van der Waals surface area (Å²) < 4.78 is 69.6. The van der Waals surface area contributed by atoms with Crippen LogP contribution in [0.1, 0.15) is 24.8 Å². The zero-order valence-corrected chi connectivity index (χ0v) is 20.4. The van der Waals surface area contributed by atoms with Gasteiger partial charge in [-0.3, -0.25) is 9.52 Å². The number of aliphatic carboxylic acids is 1. The van der Waals surface area contributed by atoms with Gasteiger partial charge < -0.3 is 19.9 Å². The van der Waals surface area contributed by atoms with E-state index in [1.807, 2.05) is 12.1 Å². The molecule has 0 atom stereocenters. The molecule has 0 aliphatic heterocycles. The van der Waals surface area contributed by atoms with Crippen LogP contribution in [-0.4, -0.2) is 58.9 Å². The maximum absolute atomic E-state index is 12.6. The average molecular weight is 533 g/mol. The summed E-state index contributed by atoms with van der Waals surface area (Å²) in [5, 5.41) is 10.1. The van der Waals surface area contributed by atoms with E-state index in [0.29, 0.717) is 24.6 Å². The van der Waals surface area contributed by atoms with E-state index in [1.54, 1.807) is 31.4 Å². The molecular weight excluding hydrogens is 505 g/mol. The summed E-state index contributed by atoms with van der Waals surface area (Å²) in [5.41, 5.74) is 0.830. The van der Waals surface area contributed by atoms with E-state index in [-0.39, 0.29) is 10.8 Å². The van der Waals surface area contributed by atoms with Gasteiger partial charge in [0.1, 0.15) is 5.75 Å². The number of carbonyl (C=O) groups is 2. The Morgan fingerprint density at radius 3 is 2.19 bits per heavy atom. The number of carboxylic acids is 1. The highest BCUT2D eigenvalue weighted by Crippen LogP contribution is 2.48. The number of anilines is 1. The van der Waals surface area contributed by atoms with Crippen molar-refractivity contribution >= 4 is 27.6 Å². The number of carboxylic acid groups (broad SMARTS) is 1. The van der Waals surface area contributed by atoms with Gasteiger partial charge in [0.05, 0.1) is 17.4 Å². The number of nitrogens with one attached hydrogen (secondary N) is 2. The second kappa shape index (κ2) is 12.1. The minimum atomic E-state index is -5.08. The van der Waals surface area contributed by atoms with Crippen molar-refractivity contribution in [2.24, 2.45) is 0 Å². The Bertz CT molecular complexity index is 1150. The molecule has 9 nitrogen and oxygen atoms in total. The monoisotopic (exact) mass is 532 g/mol. The molecule has 13 heteroatoms. The normalized spacial score (nSPS) is 14.1. The van der Waals surface area contributed by atoms with E-state index in [2.05, 4.69) is 10.0 Å². The number of carbonyl (C=O) groups excluding carboxylic acids is 1. The van der Waals surface area contributed by atoms with Crippen LogP contribution in [0.2, 0.25) is 0 Å². The number of sulfonamides is 1. The minimum Gasteiger partial charge on any atom is -0.497 e. The third-order valence-electron chi connectivity index (χ3n) is 5.28. The molecule has 1 amide bonds. The molecule has 0 bridgehead atoms. The fourth-order valence-corrected chi connectivity index (χ4v) is 4.29. The van der Waals surface area contributed by atoms with Crippen LogP contribution in [0.25, 0.3) is 0 Å². The summed E-state index contributed by atoms with van der Waals surface area (Å²) in [7, 11) is -0.615. The molecule has 2 aromatic carbocycles. The predicted octanol–water partition coefficient (Wildman–Crippen LogP) is 3.31. The molecule has 0 unspecified atom stereocenters. The largest absolute Gasteiger partial charge is 0.497 e. The quantitative estimate of drug-likeness (QED) is 0.400. The van der Waals surface area contributed by atoms with Gasteiger partial charge in [-0.2, -0.15) is 13.2 Å². The molecule has 36 heavy (non-hydrogen) atoms. The van der Waals surface area contributed by atoms with Gasteiger partial charge in [-0.15, -0.1) is 0 Å². The van der Waals surface area contributed by atoms with E-state index < -0.39 is 27.6 Å². The van der Waals surface area contributed by atoms with Gasteiger partial charge in [0.15, 0.2) is 0 Å². The van der Waals surface area contributed by atoms with Crippen molar-refractivity contribution in [1.82, 2.24) is 5.32 Å². The van der Waals surface area contributed by atoms with E-state index in [4.69, 9.17) is 19.4 Å². The summed E-state index contributed by atoms with van der Waals surface area (Å²) >= 11 is 0. The number of benzene rings is 2. The van der Waals surface area contributed by atoms with Crippen molar-refractivity contribution in [3.63, 3.8) is 0 Å². The molecule has 0 heterocycles. The third-order valence-corrected chi connectivity index (χ3v) is 6.66. The molecule has 3 rings (SSSR count). The first-order chi connectivity index (χ1) is 16.9. The van der Waals surface area contributed by atoms with Crippen molar-refractivity contribution in [2.45, 2.75) is 35.7 Å². The Balaban J connectivity index is 0.000000572. The highest BCUT2D eigenvalue weighted by atomic mass is 32.2. The van der Waals surface area contributed by atoms with E-state index in [1.165, 1.54) is 19.2 Å². The first-order valence-electron chi connectivity index (χ1n) is 10.7. The Labute approximate surface area is 206 Å². The van der Waals surface area contributed by atoms with Crippen molar-refractivity contribution in [3.05, 3.63) is 54.1 Å². The second-order valence-corrected chi connectivity index (χ2v) is 9.53. The number of methoxy groups -OCH3 is 2. The van der Waals surface area contributed by atoms with Crippen molar-refractivity contribution < 1.29 is 45.8 Å². The molecule has 1 saturated carbocycles. The van der Waals surface area contributed by atoms with E-state index in [0.717, 1.165) is 24.8 Å². The Morgan fingerprint density at radius 1 is 1.08 bits per heavy atom. The minimum absolute atomic E-state index is 0.0123. The lowest BCUT2D eigenvalue weighted by Crippen LogP contribution is -2.35. The smallest absolute Gasteiger partial charge is 0.490 e. The summed E-state index contributed by atoms with van der Waals surface area (Å²) in [5.74, 6) is -2.28. The van der Waals surface area contributed by atoms with Crippen LogP contribution in [0.15, 0.2) is 53.4 Å². The highest BCUT2D eigenvalue weighted by Gasteiger charge is 2.51. The van der Waals surface area contributed by atoms with Crippen LogP contribution in [-0.2, 0) is 29.8 Å². The lowest BCUT2D eigenvalue weighted by Gasteiger charge is -2.16. The van der Waals surface area contributed by atoms with Gasteiger partial charge in [0.25, 0.3) is 10.0 Å². The van der Waals surface area contributed by atoms with Gasteiger partial charge in [0, 0.05) is 32.0 Å². The van der Waals surface area contributed by atoms with Gasteiger partial charge >= 0.3 is 12.1 Å². The van der Waals surface area contributed by atoms with Crippen LogP contribution in [0.4, 0.5) is 18.9 Å². The highest BCUT2D eigenvalue weighted by molar-refractivity contribution is 7.92. The van der Waals surface area contributed by atoms with Gasteiger partial charge in [-0.1, -0.05) is 18.2 Å². The van der Waals surface area contributed by atoms with E-state index in [9.17, 15) is 26.4 Å². The van der Waals surface area contributed by atoms with E-state index >= 15 is 0 Å². The van der Waals surface area contributed by atoms with Gasteiger partial charge in [-0.25, -0.2) is 13.2 Å². The van der Waals surface area contributed by atoms with Crippen molar-refractivity contribution in [3.8, 4) is 5.75 Å². The summed E-state index contributed by atoms with van der Waals surface area (Å²) in [6, 6.07) is 13.3. The first kappa shape index (κ1) is 28.9. The Hall–Kier alpha value is -3.32. The van der Waals surface area contributed by atoms with Gasteiger partial charge in [0.2, 0.25) is 5.91 Å². The van der Waals surface area contributed by atoms with Gasteiger partial charge in [-0.05, 0) is 49.1 Å². The lowest BCUT2D eigenvalue weighted by molar-refractivity contribution is -0.192. The number of alkyl halides is 3. The maximum atomic E-state index is 12.6. The molecule has 1 aliphatic rings. The standard InChI is InChI=1S/C21H26N2O5S.C2HF3O2/c1-27-14-4-13-22-20(24)21(11-12-21)16-7-9-17(10-8-16)23-29(25,26)19-6-3-5-18(15-19)28-2;3-2(4,5)1(6)7/h3,5-10,15,23H,4,11-14H2,1-2H3,(H,22,24);(H,6,7). The summed E-state index contributed by atoms with van der Waals surface area (Å²) in [6.07, 6.45) is -2.74. The summed E-state index contributed by atoms with van der Waals surface area (Å²) in [6.45, 7) is 1.18. The third kappa shape index (κ3) is 7.85. The zero-order chi connectivity index (χ0) is 27.0. The molecule has 1 fully saturated rings. The fourth-order valence-electron chi connectivity index (χ4n) is 3.20. The molecular formula is C23H27F3N2O7S. The lowest BCUT2D eigenvalue weighted by atomic mass is 9.95. The Morgan fingerprint density at radius 2 is 1.69 bits per heavy atom. The molecule has 0 aromatic heterocycles. The molecule has 198 valence electrons. The van der Waals surface area contributed by atoms with Crippen LogP contribution < -0.4 is 14.8 Å². The zero-order valence-electron chi connectivity index (χ0n) is 19.6. The molecule has 3 N–H and O–H groups in total. The number of hydrogen-bond donors (Lipinski definition) is 3. The van der Waals surface area contributed by atoms with Crippen LogP contribution in [0, 0.1) is 0 Å². The number of rotatable bonds is 10. The molecule has 1 aliphatic carbocycles. The maximum Gasteiger partial charge on any atom is 0.490 e. The van der Waals surface area contributed by atoms with Crippen molar-refractivity contribution in [1.29, 1.82) is 0 Å². The molecule has 0 saturated heterocycles. The molecule has 2 aromatic rings. The summed E-state index contributed by atoms with van der Waals surface area (Å²) in [4.78, 5) is 21.6. The number of hydrogen-bond acceptors (Lipinski definition) is 6. The SMILES string of the molecule is COCCCNC(=O)C1(c2ccc(NS(=O)(=O)c3cccc(OC)c3)cc2)CC1.O=C(O)C(F)(F)F. The van der Waals surface area contributed by atoms with Crippen molar-refractivity contribution in [2.75, 3.05) is 32.1 Å². The second-order valence-electron chi connectivity index (χ2n) is 7.85. The first-order valence-corrected chi connectivity index (χ1v) is 12.2. The van der Waals surface area contributed by atoms with Crippen LogP contribution in [0.3, 0.4) is 0 Å².